The molecule has 0 aromatic rings. The van der Waals surface area contributed by atoms with Gasteiger partial charge in [-0.2, -0.15) is 0 Å². The van der Waals surface area contributed by atoms with E-state index in [1.54, 1.807) is 6.92 Å². The number of carbonyl (C=O) groups is 3. The van der Waals surface area contributed by atoms with Gasteiger partial charge >= 0.3 is 6.03 Å². The quantitative estimate of drug-likeness (QED) is 0.761. The lowest BCUT2D eigenvalue weighted by atomic mass is 10.2. The third kappa shape index (κ3) is 3.76. The van der Waals surface area contributed by atoms with Crippen LogP contribution in [0.2, 0.25) is 0 Å². The Labute approximate surface area is 130 Å². The van der Waals surface area contributed by atoms with E-state index in [0.29, 0.717) is 26.2 Å². The van der Waals surface area contributed by atoms with Gasteiger partial charge < -0.3 is 10.2 Å². The number of imide groups is 1. The number of nitrogens with zero attached hydrogens (tertiary/aromatic N) is 2. The van der Waals surface area contributed by atoms with Crippen molar-refractivity contribution in [2.75, 3.05) is 26.2 Å². The molecule has 2 saturated carbocycles. The van der Waals surface area contributed by atoms with Gasteiger partial charge in [0.05, 0.1) is 6.04 Å². The molecule has 2 N–H and O–H groups in total. The van der Waals surface area contributed by atoms with E-state index in [-0.39, 0.29) is 29.8 Å². The largest absolute Gasteiger partial charge is 0.340 e. The maximum atomic E-state index is 12.1. The van der Waals surface area contributed by atoms with Crippen molar-refractivity contribution >= 4 is 17.8 Å². The fourth-order valence-electron chi connectivity index (χ4n) is 2.75. The summed E-state index contributed by atoms with van der Waals surface area (Å²) >= 11 is 0. The zero-order valence-corrected chi connectivity index (χ0v) is 13.0. The van der Waals surface area contributed by atoms with Gasteiger partial charge in [0, 0.05) is 38.1 Å². The zero-order valence-electron chi connectivity index (χ0n) is 13.0. The normalized spacial score (nSPS) is 23.8. The number of rotatable bonds is 4. The summed E-state index contributed by atoms with van der Waals surface area (Å²) in [4.78, 5) is 39.6. The Hall–Kier alpha value is -1.63. The van der Waals surface area contributed by atoms with Gasteiger partial charge in [-0.1, -0.05) is 0 Å². The summed E-state index contributed by atoms with van der Waals surface area (Å²) in [6.45, 7) is 4.50. The van der Waals surface area contributed by atoms with Crippen molar-refractivity contribution < 1.29 is 14.4 Å². The van der Waals surface area contributed by atoms with Gasteiger partial charge in [0.2, 0.25) is 11.8 Å². The summed E-state index contributed by atoms with van der Waals surface area (Å²) < 4.78 is 0. The van der Waals surface area contributed by atoms with Crippen molar-refractivity contribution in [3.05, 3.63) is 0 Å². The Bertz CT molecular complexity index is 465. The van der Waals surface area contributed by atoms with Crippen LogP contribution >= 0.6 is 0 Å². The van der Waals surface area contributed by atoms with Gasteiger partial charge in [-0.3, -0.25) is 19.8 Å². The summed E-state index contributed by atoms with van der Waals surface area (Å²) in [5.41, 5.74) is 0. The Morgan fingerprint density at radius 2 is 1.64 bits per heavy atom. The van der Waals surface area contributed by atoms with Crippen LogP contribution in [0.4, 0.5) is 4.79 Å². The van der Waals surface area contributed by atoms with Crippen LogP contribution in [0.15, 0.2) is 0 Å². The van der Waals surface area contributed by atoms with Gasteiger partial charge in [-0.15, -0.1) is 0 Å². The average Bonchev–Trinajstić information content (AvgIpc) is 3.38. The van der Waals surface area contributed by atoms with Crippen LogP contribution in [0.1, 0.15) is 32.6 Å². The van der Waals surface area contributed by atoms with Crippen LogP contribution < -0.4 is 10.6 Å². The van der Waals surface area contributed by atoms with Crippen molar-refractivity contribution in [3.63, 3.8) is 0 Å². The van der Waals surface area contributed by atoms with Crippen LogP contribution in [0.5, 0.6) is 0 Å². The first kappa shape index (κ1) is 15.3. The number of urea groups is 1. The van der Waals surface area contributed by atoms with E-state index in [1.165, 1.54) is 0 Å². The van der Waals surface area contributed by atoms with Crippen LogP contribution in [0.3, 0.4) is 0 Å². The molecule has 1 heterocycles. The second-order valence-corrected chi connectivity index (χ2v) is 6.55. The summed E-state index contributed by atoms with van der Waals surface area (Å²) in [5.74, 6) is 0.235. The van der Waals surface area contributed by atoms with Crippen molar-refractivity contribution in [3.8, 4) is 0 Å². The highest BCUT2D eigenvalue weighted by molar-refractivity contribution is 5.97. The minimum atomic E-state index is -0.401. The molecule has 7 nitrogen and oxygen atoms in total. The number of hydrogen-bond donors (Lipinski definition) is 2. The smallest absolute Gasteiger partial charge is 0.321 e. The summed E-state index contributed by atoms with van der Waals surface area (Å²) in [6, 6.07) is -0.523. The maximum absolute atomic E-state index is 12.1. The van der Waals surface area contributed by atoms with Crippen LogP contribution in [-0.2, 0) is 9.59 Å². The topological polar surface area (TPSA) is 81.8 Å². The van der Waals surface area contributed by atoms with E-state index in [2.05, 4.69) is 10.6 Å². The second kappa shape index (κ2) is 6.24. The lowest BCUT2D eigenvalue weighted by Gasteiger charge is -2.37. The van der Waals surface area contributed by atoms with E-state index in [4.69, 9.17) is 0 Å². The molecule has 0 aromatic heterocycles. The zero-order chi connectivity index (χ0) is 15.7. The number of nitrogens with one attached hydrogen (secondary N) is 2. The highest BCUT2D eigenvalue weighted by Crippen LogP contribution is 2.31. The van der Waals surface area contributed by atoms with Gasteiger partial charge in [0.15, 0.2) is 0 Å². The highest BCUT2D eigenvalue weighted by atomic mass is 16.2. The molecule has 0 unspecified atom stereocenters. The maximum Gasteiger partial charge on any atom is 0.321 e. The average molecular weight is 308 g/mol. The third-order valence-electron chi connectivity index (χ3n) is 4.63. The van der Waals surface area contributed by atoms with Crippen molar-refractivity contribution in [1.82, 2.24) is 20.4 Å². The highest BCUT2D eigenvalue weighted by Gasteiger charge is 2.36. The lowest BCUT2D eigenvalue weighted by molar-refractivity contribution is -0.135. The molecule has 3 fully saturated rings. The van der Waals surface area contributed by atoms with Gasteiger partial charge in [0.1, 0.15) is 0 Å². The molecule has 4 amide bonds. The van der Waals surface area contributed by atoms with Crippen molar-refractivity contribution in [1.29, 1.82) is 0 Å². The SMILES string of the molecule is C[C@@H](C(=O)NC(=O)NC1CC1)N1CCN(C(=O)C2CC2)CC1. The molecule has 7 heteroatoms. The molecule has 22 heavy (non-hydrogen) atoms. The number of carbonyl (C=O) groups excluding carboxylic acids is 3. The van der Waals surface area contributed by atoms with E-state index >= 15 is 0 Å². The molecule has 0 spiro atoms. The van der Waals surface area contributed by atoms with E-state index < -0.39 is 6.03 Å². The predicted molar refractivity (Wildman–Crippen MR) is 80.0 cm³/mol. The van der Waals surface area contributed by atoms with Gasteiger partial charge in [0.25, 0.3) is 0 Å². The second-order valence-electron chi connectivity index (χ2n) is 6.55. The monoisotopic (exact) mass is 308 g/mol. The van der Waals surface area contributed by atoms with Gasteiger partial charge in [-0.05, 0) is 32.6 Å². The molecule has 0 aromatic carbocycles. The minimum Gasteiger partial charge on any atom is -0.340 e. The molecule has 0 radical (unpaired) electrons. The van der Waals surface area contributed by atoms with Gasteiger partial charge in [-0.25, -0.2) is 4.79 Å². The third-order valence-corrected chi connectivity index (χ3v) is 4.63. The molecule has 2 aliphatic carbocycles. The first-order chi connectivity index (χ1) is 10.5. The molecule has 122 valence electrons. The molecule has 3 aliphatic rings. The summed E-state index contributed by atoms with van der Waals surface area (Å²) in [7, 11) is 0. The first-order valence-electron chi connectivity index (χ1n) is 8.19. The Morgan fingerprint density at radius 3 is 2.18 bits per heavy atom. The summed E-state index contributed by atoms with van der Waals surface area (Å²) in [5, 5.41) is 5.14. The van der Waals surface area contributed by atoms with Crippen LogP contribution in [-0.4, -0.2) is 65.9 Å². The molecule has 3 rings (SSSR count). The Kier molecular flexibility index (Phi) is 4.33. The predicted octanol–water partition coefficient (Wildman–Crippen LogP) is -0.0827. The van der Waals surface area contributed by atoms with Crippen LogP contribution in [0.25, 0.3) is 0 Å². The molecule has 0 bridgehead atoms. The van der Waals surface area contributed by atoms with E-state index in [0.717, 1.165) is 25.7 Å². The minimum absolute atomic E-state index is 0.236. The number of amides is 4. The van der Waals surface area contributed by atoms with Crippen LogP contribution in [0, 0.1) is 5.92 Å². The summed E-state index contributed by atoms with van der Waals surface area (Å²) in [6.07, 6.45) is 4.03. The van der Waals surface area contributed by atoms with Crippen molar-refractivity contribution in [2.24, 2.45) is 5.92 Å². The molecular weight excluding hydrogens is 284 g/mol. The standard InChI is InChI=1S/C15H24N4O3/c1-10(13(20)17-15(22)16-12-4-5-12)18-6-8-19(9-7-18)14(21)11-2-3-11/h10-12H,2-9H2,1H3,(H2,16,17,20,22)/t10-/m0/s1. The molecule has 1 saturated heterocycles. The lowest BCUT2D eigenvalue weighted by Crippen LogP contribution is -2.56. The van der Waals surface area contributed by atoms with E-state index in [1.807, 2.05) is 9.80 Å². The number of piperazine rings is 1. The Morgan fingerprint density at radius 1 is 1.00 bits per heavy atom. The fraction of sp³-hybridized carbons (Fsp3) is 0.800. The van der Waals surface area contributed by atoms with Crippen molar-refractivity contribution in [2.45, 2.75) is 44.7 Å². The molecule has 1 aliphatic heterocycles. The Balaban J connectivity index is 1.42. The number of hydrogen-bond acceptors (Lipinski definition) is 4. The van der Waals surface area contributed by atoms with E-state index in [9.17, 15) is 14.4 Å². The fourth-order valence-corrected chi connectivity index (χ4v) is 2.75. The molecule has 1 atom stereocenters. The molecular formula is C15H24N4O3. The first-order valence-corrected chi connectivity index (χ1v) is 8.19.